The minimum absolute atomic E-state index is 0.428. The summed E-state index contributed by atoms with van der Waals surface area (Å²) in [5.74, 6) is 0.0418. The monoisotopic (exact) mass is 315 g/mol. The molecular formula is C19H41NO2. The van der Waals surface area contributed by atoms with Crippen LogP contribution in [0.3, 0.4) is 0 Å². The van der Waals surface area contributed by atoms with E-state index in [1.165, 1.54) is 44.9 Å². The molecule has 0 saturated carbocycles. The van der Waals surface area contributed by atoms with E-state index in [0.717, 1.165) is 19.5 Å². The summed E-state index contributed by atoms with van der Waals surface area (Å²) in [5, 5.41) is 3.44. The third-order valence-electron chi connectivity index (χ3n) is 4.43. The molecule has 0 aliphatic carbocycles. The summed E-state index contributed by atoms with van der Waals surface area (Å²) in [6.45, 7) is 14.2. The number of hydrogen-bond acceptors (Lipinski definition) is 3. The SMILES string of the molecule is CCCCCCCCC(CCNCC)C(C)(OCC)OCC. The normalized spacial score (nSPS) is 13.5. The molecular weight excluding hydrogens is 274 g/mol. The molecule has 3 heteroatoms. The highest BCUT2D eigenvalue weighted by atomic mass is 16.7. The molecule has 134 valence electrons. The second kappa shape index (κ2) is 14.5. The lowest BCUT2D eigenvalue weighted by Crippen LogP contribution is -2.42. The first kappa shape index (κ1) is 21.9. The first-order valence-electron chi connectivity index (χ1n) is 9.63. The van der Waals surface area contributed by atoms with Crippen LogP contribution in [0, 0.1) is 5.92 Å². The van der Waals surface area contributed by atoms with Crippen molar-refractivity contribution in [2.24, 2.45) is 5.92 Å². The average Bonchev–Trinajstić information content (AvgIpc) is 2.49. The highest BCUT2D eigenvalue weighted by Gasteiger charge is 2.34. The fourth-order valence-corrected chi connectivity index (χ4v) is 3.14. The summed E-state index contributed by atoms with van der Waals surface area (Å²) in [4.78, 5) is 0. The van der Waals surface area contributed by atoms with E-state index in [9.17, 15) is 0 Å². The molecule has 1 atom stereocenters. The van der Waals surface area contributed by atoms with Crippen LogP contribution in [0.4, 0.5) is 0 Å². The van der Waals surface area contributed by atoms with Crippen LogP contribution in [-0.4, -0.2) is 32.1 Å². The molecule has 1 N–H and O–H groups in total. The van der Waals surface area contributed by atoms with Gasteiger partial charge in [-0.2, -0.15) is 0 Å². The van der Waals surface area contributed by atoms with E-state index in [1.54, 1.807) is 0 Å². The Morgan fingerprint density at radius 3 is 1.95 bits per heavy atom. The van der Waals surface area contributed by atoms with Crippen LogP contribution < -0.4 is 5.32 Å². The van der Waals surface area contributed by atoms with Crippen molar-refractivity contribution < 1.29 is 9.47 Å². The Morgan fingerprint density at radius 2 is 1.41 bits per heavy atom. The lowest BCUT2D eigenvalue weighted by Gasteiger charge is -2.37. The summed E-state index contributed by atoms with van der Waals surface area (Å²) in [6, 6.07) is 0. The molecule has 0 aromatic heterocycles. The van der Waals surface area contributed by atoms with Crippen LogP contribution in [-0.2, 0) is 9.47 Å². The van der Waals surface area contributed by atoms with Gasteiger partial charge in [-0.3, -0.25) is 0 Å². The third kappa shape index (κ3) is 9.81. The lowest BCUT2D eigenvalue weighted by atomic mass is 9.89. The van der Waals surface area contributed by atoms with Crippen molar-refractivity contribution in [1.82, 2.24) is 5.32 Å². The number of unbranched alkanes of at least 4 members (excludes halogenated alkanes) is 5. The van der Waals surface area contributed by atoms with Crippen molar-refractivity contribution in [2.45, 2.75) is 91.8 Å². The molecule has 0 spiro atoms. The molecule has 0 aliphatic heterocycles. The Labute approximate surface area is 139 Å². The number of hydrogen-bond donors (Lipinski definition) is 1. The fraction of sp³-hybridized carbons (Fsp3) is 1.00. The maximum atomic E-state index is 6.01. The van der Waals surface area contributed by atoms with Gasteiger partial charge < -0.3 is 14.8 Å². The molecule has 0 amide bonds. The molecule has 0 aromatic carbocycles. The van der Waals surface area contributed by atoms with Crippen LogP contribution in [0.25, 0.3) is 0 Å². The smallest absolute Gasteiger partial charge is 0.168 e. The molecule has 0 aliphatic rings. The summed E-state index contributed by atoms with van der Waals surface area (Å²) >= 11 is 0. The van der Waals surface area contributed by atoms with Gasteiger partial charge in [0.15, 0.2) is 5.79 Å². The van der Waals surface area contributed by atoms with Gasteiger partial charge in [-0.25, -0.2) is 0 Å². The Bertz CT molecular complexity index is 227. The summed E-state index contributed by atoms with van der Waals surface area (Å²) < 4.78 is 12.0. The van der Waals surface area contributed by atoms with E-state index >= 15 is 0 Å². The lowest BCUT2D eigenvalue weighted by molar-refractivity contribution is -0.254. The Hall–Kier alpha value is -0.120. The molecule has 0 bridgehead atoms. The van der Waals surface area contributed by atoms with Crippen LogP contribution in [0.5, 0.6) is 0 Å². The molecule has 0 saturated heterocycles. The van der Waals surface area contributed by atoms with E-state index in [-0.39, 0.29) is 0 Å². The van der Waals surface area contributed by atoms with Gasteiger partial charge in [0.1, 0.15) is 0 Å². The van der Waals surface area contributed by atoms with Crippen molar-refractivity contribution in [3.8, 4) is 0 Å². The molecule has 0 radical (unpaired) electrons. The summed E-state index contributed by atoms with van der Waals surface area (Å²) in [6.07, 6.45) is 10.4. The zero-order valence-corrected chi connectivity index (χ0v) is 15.9. The predicted octanol–water partition coefficient (Wildman–Crippen LogP) is 5.14. The molecule has 1 unspecified atom stereocenters. The zero-order valence-electron chi connectivity index (χ0n) is 15.9. The van der Waals surface area contributed by atoms with Crippen molar-refractivity contribution in [3.63, 3.8) is 0 Å². The van der Waals surface area contributed by atoms with Gasteiger partial charge in [0.25, 0.3) is 0 Å². The van der Waals surface area contributed by atoms with Gasteiger partial charge in [-0.1, -0.05) is 52.4 Å². The second-order valence-electron chi connectivity index (χ2n) is 6.28. The average molecular weight is 316 g/mol. The predicted molar refractivity (Wildman–Crippen MR) is 96.3 cm³/mol. The van der Waals surface area contributed by atoms with Crippen LogP contribution >= 0.6 is 0 Å². The maximum Gasteiger partial charge on any atom is 0.168 e. The number of rotatable bonds is 16. The van der Waals surface area contributed by atoms with Gasteiger partial charge in [0.05, 0.1) is 0 Å². The molecule has 22 heavy (non-hydrogen) atoms. The maximum absolute atomic E-state index is 6.01. The highest BCUT2D eigenvalue weighted by molar-refractivity contribution is 4.77. The largest absolute Gasteiger partial charge is 0.350 e. The van der Waals surface area contributed by atoms with Crippen LogP contribution in [0.2, 0.25) is 0 Å². The molecule has 0 heterocycles. The van der Waals surface area contributed by atoms with E-state index in [0.29, 0.717) is 19.1 Å². The van der Waals surface area contributed by atoms with E-state index in [4.69, 9.17) is 9.47 Å². The fourth-order valence-electron chi connectivity index (χ4n) is 3.14. The Morgan fingerprint density at radius 1 is 0.818 bits per heavy atom. The van der Waals surface area contributed by atoms with Crippen molar-refractivity contribution in [2.75, 3.05) is 26.3 Å². The van der Waals surface area contributed by atoms with Gasteiger partial charge in [0.2, 0.25) is 0 Å². The summed E-state index contributed by atoms with van der Waals surface area (Å²) in [5.41, 5.74) is 0. The minimum Gasteiger partial charge on any atom is -0.350 e. The van der Waals surface area contributed by atoms with Crippen LogP contribution in [0.15, 0.2) is 0 Å². The molecule has 0 fully saturated rings. The summed E-state index contributed by atoms with van der Waals surface area (Å²) in [7, 11) is 0. The molecule has 0 rings (SSSR count). The van der Waals surface area contributed by atoms with Gasteiger partial charge in [-0.15, -0.1) is 0 Å². The quantitative estimate of drug-likeness (QED) is 0.316. The zero-order chi connectivity index (χ0) is 16.7. The Balaban J connectivity index is 4.37. The highest BCUT2D eigenvalue weighted by Crippen LogP contribution is 2.31. The second-order valence-corrected chi connectivity index (χ2v) is 6.28. The Kier molecular flexibility index (Phi) is 14.4. The van der Waals surface area contributed by atoms with Crippen LogP contribution in [0.1, 0.15) is 86.0 Å². The number of nitrogens with one attached hydrogen (secondary N) is 1. The van der Waals surface area contributed by atoms with E-state index in [2.05, 4.69) is 39.9 Å². The van der Waals surface area contributed by atoms with Gasteiger partial charge in [-0.05, 0) is 46.7 Å². The third-order valence-corrected chi connectivity index (χ3v) is 4.43. The van der Waals surface area contributed by atoms with E-state index < -0.39 is 5.79 Å². The first-order chi connectivity index (χ1) is 10.6. The van der Waals surface area contributed by atoms with E-state index in [1.807, 2.05) is 0 Å². The van der Waals surface area contributed by atoms with Gasteiger partial charge in [0, 0.05) is 19.1 Å². The van der Waals surface area contributed by atoms with Crippen molar-refractivity contribution in [1.29, 1.82) is 0 Å². The molecule has 3 nitrogen and oxygen atoms in total. The topological polar surface area (TPSA) is 30.5 Å². The van der Waals surface area contributed by atoms with Gasteiger partial charge >= 0.3 is 0 Å². The minimum atomic E-state index is -0.428. The first-order valence-corrected chi connectivity index (χ1v) is 9.63. The standard InChI is InChI=1S/C19H41NO2/c1-6-10-11-12-13-14-15-18(16-17-20-7-2)19(5,21-8-3)22-9-4/h18,20H,6-17H2,1-5H3. The molecule has 0 aromatic rings. The number of ether oxygens (including phenoxy) is 2. The van der Waals surface area contributed by atoms with Crippen molar-refractivity contribution >= 4 is 0 Å². The van der Waals surface area contributed by atoms with Crippen molar-refractivity contribution in [3.05, 3.63) is 0 Å².